The van der Waals surface area contributed by atoms with E-state index in [1.807, 2.05) is 6.92 Å². The molecule has 0 aliphatic rings. The van der Waals surface area contributed by atoms with Gasteiger partial charge < -0.3 is 9.64 Å². The van der Waals surface area contributed by atoms with E-state index in [2.05, 4.69) is 4.98 Å². The summed E-state index contributed by atoms with van der Waals surface area (Å²) in [4.78, 5) is 15.6. The van der Waals surface area contributed by atoms with E-state index in [1.54, 1.807) is 6.92 Å². The molecule has 0 bridgehead atoms. The minimum atomic E-state index is -1.76. The Labute approximate surface area is 132 Å². The fourth-order valence-electron chi connectivity index (χ4n) is 2.12. The average molecular weight is 336 g/mol. The second-order valence-corrected chi connectivity index (χ2v) is 5.45. The van der Waals surface area contributed by atoms with E-state index < -0.39 is 40.7 Å². The lowest BCUT2D eigenvalue weighted by molar-refractivity contribution is -0.148. The molecule has 0 aromatic carbocycles. The summed E-state index contributed by atoms with van der Waals surface area (Å²) in [5.74, 6) is -7.57. The molecule has 0 aliphatic carbocycles. The number of esters is 1. The fourth-order valence-corrected chi connectivity index (χ4v) is 2.12. The predicted octanol–water partition coefficient (Wildman–Crippen LogP) is 3.59. The Balaban J connectivity index is 3.46. The molecule has 4 nitrogen and oxygen atoms in total. The lowest BCUT2D eigenvalue weighted by atomic mass is 10.0. The van der Waals surface area contributed by atoms with Gasteiger partial charge in [-0.3, -0.25) is 0 Å². The highest BCUT2D eigenvalue weighted by atomic mass is 19.2. The van der Waals surface area contributed by atoms with Crippen molar-refractivity contribution in [2.45, 2.75) is 46.1 Å². The van der Waals surface area contributed by atoms with E-state index in [-0.39, 0.29) is 13.2 Å². The SMILES string of the molecule is CCCCN(c1c(F)c(F)nc(F)c1F)C(C)(C)C(=O)OCC. The molecule has 0 saturated heterocycles. The van der Waals surface area contributed by atoms with Crippen molar-refractivity contribution in [1.29, 1.82) is 0 Å². The Morgan fingerprint density at radius 3 is 2.09 bits per heavy atom. The van der Waals surface area contributed by atoms with E-state index in [0.717, 1.165) is 4.90 Å². The number of nitrogens with zero attached hydrogens (tertiary/aromatic N) is 2. The van der Waals surface area contributed by atoms with Gasteiger partial charge in [0, 0.05) is 6.54 Å². The molecule has 0 amide bonds. The molecule has 1 rings (SSSR count). The zero-order chi connectivity index (χ0) is 17.8. The minimum absolute atomic E-state index is 0.0129. The lowest BCUT2D eigenvalue weighted by Crippen LogP contribution is -2.52. The molecule has 0 spiro atoms. The molecule has 1 heterocycles. The number of aromatic nitrogens is 1. The number of hydrogen-bond acceptors (Lipinski definition) is 4. The molecule has 8 heteroatoms. The highest BCUT2D eigenvalue weighted by Crippen LogP contribution is 2.32. The number of unbranched alkanes of at least 4 members (excludes halogenated alkanes) is 1. The van der Waals surface area contributed by atoms with Crippen molar-refractivity contribution in [3.05, 3.63) is 23.5 Å². The highest BCUT2D eigenvalue weighted by molar-refractivity contribution is 5.84. The first-order valence-electron chi connectivity index (χ1n) is 7.33. The van der Waals surface area contributed by atoms with Gasteiger partial charge in [0.1, 0.15) is 11.2 Å². The largest absolute Gasteiger partial charge is 0.464 e. The molecule has 23 heavy (non-hydrogen) atoms. The Kier molecular flexibility index (Phi) is 6.35. The molecule has 0 unspecified atom stereocenters. The molecule has 0 fully saturated rings. The monoisotopic (exact) mass is 336 g/mol. The Hall–Kier alpha value is -1.86. The normalized spacial score (nSPS) is 11.5. The second-order valence-electron chi connectivity index (χ2n) is 5.45. The van der Waals surface area contributed by atoms with Crippen LogP contribution in [0.25, 0.3) is 0 Å². The third-order valence-corrected chi connectivity index (χ3v) is 3.43. The number of ether oxygens (including phenoxy) is 1. The van der Waals surface area contributed by atoms with Crippen LogP contribution in [0.3, 0.4) is 0 Å². The van der Waals surface area contributed by atoms with Gasteiger partial charge in [-0.1, -0.05) is 13.3 Å². The maximum Gasteiger partial charge on any atom is 0.331 e. The number of anilines is 1. The van der Waals surface area contributed by atoms with Crippen LogP contribution in [0, 0.1) is 23.5 Å². The molecule has 1 aromatic heterocycles. The van der Waals surface area contributed by atoms with Gasteiger partial charge >= 0.3 is 5.97 Å². The molecule has 0 saturated carbocycles. The van der Waals surface area contributed by atoms with E-state index >= 15 is 0 Å². The zero-order valence-electron chi connectivity index (χ0n) is 13.6. The summed E-state index contributed by atoms with van der Waals surface area (Å²) in [6.07, 6.45) is 1.10. The van der Waals surface area contributed by atoms with E-state index in [1.165, 1.54) is 13.8 Å². The first-order chi connectivity index (χ1) is 10.7. The van der Waals surface area contributed by atoms with Gasteiger partial charge in [0.05, 0.1) is 6.61 Å². The van der Waals surface area contributed by atoms with Crippen LogP contribution in [0.5, 0.6) is 0 Å². The van der Waals surface area contributed by atoms with Crippen molar-refractivity contribution in [1.82, 2.24) is 4.98 Å². The number of halogens is 4. The molecular weight excluding hydrogens is 316 g/mol. The van der Waals surface area contributed by atoms with Crippen molar-refractivity contribution in [3.8, 4) is 0 Å². The molecule has 0 radical (unpaired) electrons. The third-order valence-electron chi connectivity index (χ3n) is 3.43. The minimum Gasteiger partial charge on any atom is -0.464 e. The maximum absolute atomic E-state index is 14.1. The van der Waals surface area contributed by atoms with Gasteiger partial charge in [0.15, 0.2) is 0 Å². The fraction of sp³-hybridized carbons (Fsp3) is 0.600. The smallest absolute Gasteiger partial charge is 0.331 e. The lowest BCUT2D eigenvalue weighted by Gasteiger charge is -2.38. The van der Waals surface area contributed by atoms with Gasteiger partial charge in [-0.05, 0) is 27.2 Å². The molecule has 130 valence electrons. The third kappa shape index (κ3) is 3.92. The Bertz CT molecular complexity index is 553. The summed E-state index contributed by atoms with van der Waals surface area (Å²) in [5.41, 5.74) is -2.48. The second kappa shape index (κ2) is 7.61. The van der Waals surface area contributed by atoms with Crippen molar-refractivity contribution in [3.63, 3.8) is 0 Å². The summed E-state index contributed by atoms with van der Waals surface area (Å²) >= 11 is 0. The van der Waals surface area contributed by atoms with Crippen LogP contribution in [-0.4, -0.2) is 29.6 Å². The number of hydrogen-bond donors (Lipinski definition) is 0. The summed E-state index contributed by atoms with van der Waals surface area (Å²) in [6.45, 7) is 6.23. The van der Waals surface area contributed by atoms with Crippen LogP contribution < -0.4 is 4.90 Å². The van der Waals surface area contributed by atoms with Gasteiger partial charge in [-0.2, -0.15) is 22.5 Å². The highest BCUT2D eigenvalue weighted by Gasteiger charge is 2.40. The molecule has 0 N–H and O–H groups in total. The summed E-state index contributed by atoms with van der Waals surface area (Å²) in [7, 11) is 0. The summed E-state index contributed by atoms with van der Waals surface area (Å²) < 4.78 is 59.8. The topological polar surface area (TPSA) is 42.4 Å². The van der Waals surface area contributed by atoms with Crippen molar-refractivity contribution < 1.29 is 27.1 Å². The van der Waals surface area contributed by atoms with E-state index in [4.69, 9.17) is 4.74 Å². The Morgan fingerprint density at radius 1 is 1.13 bits per heavy atom. The van der Waals surface area contributed by atoms with Crippen LogP contribution in [0.15, 0.2) is 0 Å². The number of carbonyl (C=O) groups excluding carboxylic acids is 1. The summed E-state index contributed by atoms with van der Waals surface area (Å²) in [5, 5.41) is 0. The van der Waals surface area contributed by atoms with Crippen molar-refractivity contribution in [2.24, 2.45) is 0 Å². The first-order valence-corrected chi connectivity index (χ1v) is 7.33. The quantitative estimate of drug-likeness (QED) is 0.434. The first kappa shape index (κ1) is 19.2. The van der Waals surface area contributed by atoms with Crippen molar-refractivity contribution >= 4 is 11.7 Å². The van der Waals surface area contributed by atoms with E-state index in [9.17, 15) is 22.4 Å². The molecule has 0 atom stereocenters. The van der Waals surface area contributed by atoms with Gasteiger partial charge in [0.25, 0.3) is 11.9 Å². The Morgan fingerprint density at radius 2 is 1.65 bits per heavy atom. The zero-order valence-corrected chi connectivity index (χ0v) is 13.6. The number of pyridine rings is 1. The maximum atomic E-state index is 14.1. The van der Waals surface area contributed by atoms with Gasteiger partial charge in [-0.15, -0.1) is 0 Å². The van der Waals surface area contributed by atoms with Crippen molar-refractivity contribution in [2.75, 3.05) is 18.1 Å². The number of rotatable bonds is 7. The molecular formula is C15H20F4N2O2. The average Bonchev–Trinajstić information content (AvgIpc) is 2.48. The van der Waals surface area contributed by atoms with Crippen LogP contribution in [0.4, 0.5) is 23.2 Å². The van der Waals surface area contributed by atoms with E-state index in [0.29, 0.717) is 12.8 Å². The van der Waals surface area contributed by atoms with Crippen LogP contribution in [-0.2, 0) is 9.53 Å². The van der Waals surface area contributed by atoms with Crippen LogP contribution >= 0.6 is 0 Å². The van der Waals surface area contributed by atoms with Crippen LogP contribution in [0.2, 0.25) is 0 Å². The van der Waals surface area contributed by atoms with Gasteiger partial charge in [-0.25, -0.2) is 4.79 Å². The number of carbonyl (C=O) groups is 1. The molecule has 1 aromatic rings. The predicted molar refractivity (Wildman–Crippen MR) is 77.0 cm³/mol. The van der Waals surface area contributed by atoms with Crippen LogP contribution in [0.1, 0.15) is 40.5 Å². The summed E-state index contributed by atoms with van der Waals surface area (Å²) in [6, 6.07) is 0. The standard InChI is InChI=1S/C15H20F4N2O2/c1-5-7-8-21(15(3,4)14(22)23-6-2)11-9(16)12(18)20-13(19)10(11)17/h5-8H2,1-4H3. The molecule has 0 aliphatic heterocycles. The van der Waals surface area contributed by atoms with Gasteiger partial charge in [0.2, 0.25) is 11.6 Å².